The first-order valence-electron chi connectivity index (χ1n) is 7.13. The maximum absolute atomic E-state index is 6.35. The number of hydrogen-bond acceptors (Lipinski definition) is 3. The van der Waals surface area contributed by atoms with Gasteiger partial charge in [0, 0.05) is 11.4 Å². The number of aryl methyl sites for hydroxylation is 3. The minimum atomic E-state index is -0.123. The largest absolute Gasteiger partial charge is 0.306 e. The Bertz CT molecular complexity index is 781. The SMILES string of the molecule is CCn1nc(C)c2nc(C(C)Cl)n(Cc3sccc3C)c21. The van der Waals surface area contributed by atoms with E-state index in [1.807, 2.05) is 18.5 Å². The van der Waals surface area contributed by atoms with Crippen LogP contribution in [0.15, 0.2) is 11.4 Å². The Morgan fingerprint density at radius 2 is 2.14 bits per heavy atom. The maximum atomic E-state index is 6.35. The monoisotopic (exact) mass is 322 g/mol. The summed E-state index contributed by atoms with van der Waals surface area (Å²) in [5.41, 5.74) is 4.32. The van der Waals surface area contributed by atoms with Gasteiger partial charge in [0.15, 0.2) is 5.65 Å². The lowest BCUT2D eigenvalue weighted by Crippen LogP contribution is -2.10. The molecule has 6 heteroatoms. The molecule has 0 saturated carbocycles. The van der Waals surface area contributed by atoms with Crippen LogP contribution in [-0.4, -0.2) is 19.3 Å². The lowest BCUT2D eigenvalue weighted by atomic mass is 10.3. The number of alkyl halides is 1. The molecule has 0 amide bonds. The van der Waals surface area contributed by atoms with E-state index in [1.165, 1.54) is 10.4 Å². The number of halogens is 1. The first-order chi connectivity index (χ1) is 10.0. The topological polar surface area (TPSA) is 35.6 Å². The first kappa shape index (κ1) is 14.6. The van der Waals surface area contributed by atoms with Crippen molar-refractivity contribution in [3.05, 3.63) is 33.4 Å². The summed E-state index contributed by atoms with van der Waals surface area (Å²) in [6.07, 6.45) is 0. The minimum Gasteiger partial charge on any atom is -0.306 e. The van der Waals surface area contributed by atoms with Crippen molar-refractivity contribution in [3.63, 3.8) is 0 Å². The van der Waals surface area contributed by atoms with Gasteiger partial charge in [-0.1, -0.05) is 0 Å². The third-order valence-corrected chi connectivity index (χ3v) is 4.96. The predicted octanol–water partition coefficient (Wildman–Crippen LogP) is 4.28. The fraction of sp³-hybridized carbons (Fsp3) is 0.467. The van der Waals surface area contributed by atoms with Crippen molar-refractivity contribution in [2.24, 2.45) is 0 Å². The molecule has 0 bridgehead atoms. The predicted molar refractivity (Wildman–Crippen MR) is 88.4 cm³/mol. The fourth-order valence-electron chi connectivity index (χ4n) is 2.63. The summed E-state index contributed by atoms with van der Waals surface area (Å²) < 4.78 is 4.23. The number of nitrogens with zero attached hydrogens (tertiary/aromatic N) is 4. The van der Waals surface area contributed by atoms with Gasteiger partial charge in [0.25, 0.3) is 0 Å². The van der Waals surface area contributed by atoms with Gasteiger partial charge in [-0.05, 0) is 44.7 Å². The van der Waals surface area contributed by atoms with Crippen molar-refractivity contribution in [3.8, 4) is 0 Å². The standard InChI is InChI=1S/C15H19ClN4S/c1-5-20-15-13(11(4)18-20)17-14(10(3)16)19(15)8-12-9(2)6-7-21-12/h6-7,10H,5,8H2,1-4H3. The molecule has 0 radical (unpaired) electrons. The summed E-state index contributed by atoms with van der Waals surface area (Å²) in [6, 6.07) is 2.15. The highest BCUT2D eigenvalue weighted by molar-refractivity contribution is 7.10. The molecule has 21 heavy (non-hydrogen) atoms. The van der Waals surface area contributed by atoms with E-state index in [-0.39, 0.29) is 5.38 Å². The number of fused-ring (bicyclic) bond motifs is 1. The average Bonchev–Trinajstić information content (AvgIpc) is 3.08. The molecule has 3 rings (SSSR count). The van der Waals surface area contributed by atoms with Gasteiger partial charge >= 0.3 is 0 Å². The average molecular weight is 323 g/mol. The number of rotatable bonds is 4. The van der Waals surface area contributed by atoms with Gasteiger partial charge in [0.05, 0.1) is 17.6 Å². The molecule has 1 atom stereocenters. The maximum Gasteiger partial charge on any atom is 0.159 e. The van der Waals surface area contributed by atoms with Crippen molar-refractivity contribution in [1.29, 1.82) is 0 Å². The Morgan fingerprint density at radius 3 is 2.71 bits per heavy atom. The van der Waals surface area contributed by atoms with E-state index in [9.17, 15) is 0 Å². The van der Waals surface area contributed by atoms with Crippen molar-refractivity contribution < 1.29 is 0 Å². The van der Waals surface area contributed by atoms with E-state index in [2.05, 4.69) is 35.0 Å². The molecule has 0 N–H and O–H groups in total. The quantitative estimate of drug-likeness (QED) is 0.672. The molecule has 0 aliphatic heterocycles. The lowest BCUT2D eigenvalue weighted by molar-refractivity contribution is 0.634. The highest BCUT2D eigenvalue weighted by Gasteiger charge is 2.21. The molecule has 0 aromatic carbocycles. The second-order valence-electron chi connectivity index (χ2n) is 5.27. The van der Waals surface area contributed by atoms with Crippen LogP contribution in [0.1, 0.15) is 41.2 Å². The zero-order chi connectivity index (χ0) is 15.1. The van der Waals surface area contributed by atoms with Crippen LogP contribution in [0, 0.1) is 13.8 Å². The fourth-order valence-corrected chi connectivity index (χ4v) is 3.69. The van der Waals surface area contributed by atoms with Crippen LogP contribution >= 0.6 is 22.9 Å². The molecule has 0 spiro atoms. The van der Waals surface area contributed by atoms with Crippen LogP contribution < -0.4 is 0 Å². The van der Waals surface area contributed by atoms with Crippen molar-refractivity contribution >= 4 is 34.1 Å². The van der Waals surface area contributed by atoms with E-state index in [0.717, 1.165) is 35.8 Å². The zero-order valence-electron chi connectivity index (χ0n) is 12.7. The van der Waals surface area contributed by atoms with Crippen LogP contribution in [0.5, 0.6) is 0 Å². The number of imidazole rings is 1. The van der Waals surface area contributed by atoms with Gasteiger partial charge in [-0.2, -0.15) is 5.10 Å². The molecular formula is C15H19ClN4S. The lowest BCUT2D eigenvalue weighted by Gasteiger charge is -2.11. The Labute approximate surface area is 133 Å². The summed E-state index contributed by atoms with van der Waals surface area (Å²) in [6.45, 7) is 9.85. The van der Waals surface area contributed by atoms with Crippen LogP contribution in [-0.2, 0) is 13.1 Å². The normalized spacial score (nSPS) is 13.2. The second kappa shape index (κ2) is 5.46. The van der Waals surface area contributed by atoms with Crippen molar-refractivity contribution in [2.45, 2.75) is 46.2 Å². The molecule has 3 aromatic heterocycles. The van der Waals surface area contributed by atoms with Crippen LogP contribution in [0.25, 0.3) is 11.2 Å². The molecule has 0 aliphatic carbocycles. The summed E-state index contributed by atoms with van der Waals surface area (Å²) in [4.78, 5) is 6.08. The molecule has 1 unspecified atom stereocenters. The van der Waals surface area contributed by atoms with Crippen LogP contribution in [0.4, 0.5) is 0 Å². The van der Waals surface area contributed by atoms with E-state index in [1.54, 1.807) is 11.3 Å². The molecule has 0 fully saturated rings. The molecule has 0 saturated heterocycles. The number of thiophene rings is 1. The molecule has 3 aromatic rings. The highest BCUT2D eigenvalue weighted by Crippen LogP contribution is 2.29. The van der Waals surface area contributed by atoms with Gasteiger partial charge in [0.1, 0.15) is 11.3 Å². The molecule has 4 nitrogen and oxygen atoms in total. The van der Waals surface area contributed by atoms with Gasteiger partial charge in [-0.3, -0.25) is 0 Å². The summed E-state index contributed by atoms with van der Waals surface area (Å²) in [5, 5.41) is 6.58. The smallest absolute Gasteiger partial charge is 0.159 e. The van der Waals surface area contributed by atoms with Crippen molar-refractivity contribution in [2.75, 3.05) is 0 Å². The van der Waals surface area contributed by atoms with E-state index >= 15 is 0 Å². The number of aromatic nitrogens is 4. The summed E-state index contributed by atoms with van der Waals surface area (Å²) in [7, 11) is 0. The molecular weight excluding hydrogens is 304 g/mol. The minimum absolute atomic E-state index is 0.123. The second-order valence-corrected chi connectivity index (χ2v) is 6.93. The summed E-state index contributed by atoms with van der Waals surface area (Å²) in [5.74, 6) is 0.919. The third-order valence-electron chi connectivity index (χ3n) is 3.75. The molecule has 0 aliphatic rings. The number of hydrogen-bond donors (Lipinski definition) is 0. The third kappa shape index (κ3) is 2.38. The van der Waals surface area contributed by atoms with Gasteiger partial charge in [-0.25, -0.2) is 9.67 Å². The molecule has 112 valence electrons. The van der Waals surface area contributed by atoms with Crippen LogP contribution in [0.3, 0.4) is 0 Å². The van der Waals surface area contributed by atoms with Gasteiger partial charge in [0.2, 0.25) is 0 Å². The Morgan fingerprint density at radius 1 is 1.38 bits per heavy atom. The Balaban J connectivity index is 2.22. The van der Waals surface area contributed by atoms with Gasteiger partial charge in [-0.15, -0.1) is 22.9 Å². The highest BCUT2D eigenvalue weighted by atomic mass is 35.5. The Hall–Kier alpha value is -1.33. The van der Waals surface area contributed by atoms with E-state index in [0.29, 0.717) is 0 Å². The van der Waals surface area contributed by atoms with Crippen molar-refractivity contribution in [1.82, 2.24) is 19.3 Å². The molecule has 3 heterocycles. The van der Waals surface area contributed by atoms with Gasteiger partial charge < -0.3 is 4.57 Å². The van der Waals surface area contributed by atoms with Crippen LogP contribution in [0.2, 0.25) is 0 Å². The van der Waals surface area contributed by atoms with E-state index < -0.39 is 0 Å². The Kier molecular flexibility index (Phi) is 3.80. The first-order valence-corrected chi connectivity index (χ1v) is 8.45. The zero-order valence-corrected chi connectivity index (χ0v) is 14.3. The van der Waals surface area contributed by atoms with E-state index in [4.69, 9.17) is 16.6 Å². The summed E-state index contributed by atoms with van der Waals surface area (Å²) >= 11 is 8.13.